The van der Waals surface area contributed by atoms with Crippen molar-refractivity contribution in [3.8, 4) is 0 Å². The van der Waals surface area contributed by atoms with Crippen LogP contribution in [0, 0.1) is 0 Å². The smallest absolute Gasteiger partial charge is 0.248 e. The van der Waals surface area contributed by atoms with Gasteiger partial charge in [0, 0.05) is 0 Å². The van der Waals surface area contributed by atoms with Crippen LogP contribution in [0.5, 0.6) is 0 Å². The Balaban J connectivity index is 0. The first-order valence-electron chi connectivity index (χ1n) is 3.37. The average Bonchev–Trinajstić information content (AvgIpc) is 2.16. The predicted molar refractivity (Wildman–Crippen MR) is 33.8 cm³/mol. The van der Waals surface area contributed by atoms with Crippen LogP contribution in [0.15, 0.2) is 0 Å². The van der Waals surface area contributed by atoms with Crippen molar-refractivity contribution < 1.29 is 39.5 Å². The number of alkyl halides is 9. The molecule has 0 heterocycles. The highest BCUT2D eigenvalue weighted by atomic mass is 19.4. The van der Waals surface area contributed by atoms with E-state index < -0.39 is 38.3 Å². The Kier molecular flexibility index (Phi) is 7.59. The highest BCUT2D eigenvalue weighted by molar-refractivity contribution is 4.62. The van der Waals surface area contributed by atoms with Crippen LogP contribution in [0.4, 0.5) is 39.5 Å². The molecule has 0 amide bonds. The molecule has 94 valence electrons. The first-order chi connectivity index (χ1) is 6.60. The lowest BCUT2D eigenvalue weighted by atomic mass is 10.4. The Morgan fingerprint density at radius 2 is 1.13 bits per heavy atom. The van der Waals surface area contributed by atoms with E-state index >= 15 is 0 Å². The summed E-state index contributed by atoms with van der Waals surface area (Å²) in [7, 11) is 0. The summed E-state index contributed by atoms with van der Waals surface area (Å²) in [6.45, 7) is -5.82. The molecular formula is C6H7F9. The molecule has 15 heavy (non-hydrogen) atoms. The van der Waals surface area contributed by atoms with E-state index in [2.05, 4.69) is 0 Å². The molecule has 1 atom stereocenters. The van der Waals surface area contributed by atoms with Gasteiger partial charge in [0.2, 0.25) is 6.17 Å². The van der Waals surface area contributed by atoms with Crippen molar-refractivity contribution in [3.05, 3.63) is 0 Å². The van der Waals surface area contributed by atoms with E-state index in [4.69, 9.17) is 0 Å². The van der Waals surface area contributed by atoms with Gasteiger partial charge in [-0.25, -0.2) is 26.3 Å². The van der Waals surface area contributed by atoms with Gasteiger partial charge in [0.25, 0.3) is 0 Å². The average molecular weight is 250 g/mol. The van der Waals surface area contributed by atoms with Crippen molar-refractivity contribution in [2.75, 3.05) is 20.0 Å². The summed E-state index contributed by atoms with van der Waals surface area (Å²) < 4.78 is 98.3. The lowest BCUT2D eigenvalue weighted by Gasteiger charge is -2.06. The van der Waals surface area contributed by atoms with Gasteiger partial charge in [-0.15, -0.1) is 0 Å². The zero-order valence-electron chi connectivity index (χ0n) is 7.10. The molecule has 0 nitrogen and oxygen atoms in total. The van der Waals surface area contributed by atoms with E-state index in [1.807, 2.05) is 0 Å². The van der Waals surface area contributed by atoms with Gasteiger partial charge >= 0.3 is 12.1 Å². The molecule has 0 radical (unpaired) electrons. The zero-order chi connectivity index (χ0) is 12.7. The molecule has 0 aromatic carbocycles. The number of halogens is 9. The second kappa shape index (κ2) is 6.78. The Morgan fingerprint density at radius 3 is 1.13 bits per heavy atom. The van der Waals surface area contributed by atoms with Gasteiger partial charge < -0.3 is 0 Å². The lowest BCUT2D eigenvalue weighted by Crippen LogP contribution is -2.25. The monoisotopic (exact) mass is 250 g/mol. The van der Waals surface area contributed by atoms with E-state index in [0.717, 1.165) is 0 Å². The fraction of sp³-hybridized carbons (Fsp3) is 1.00. The first kappa shape index (κ1) is 16.8. The van der Waals surface area contributed by atoms with Crippen molar-refractivity contribution in [1.29, 1.82) is 0 Å². The molecule has 0 aliphatic carbocycles. The molecule has 0 rings (SSSR count). The van der Waals surface area contributed by atoms with E-state index in [1.165, 1.54) is 0 Å². The van der Waals surface area contributed by atoms with Gasteiger partial charge in [-0.3, -0.25) is 0 Å². The summed E-state index contributed by atoms with van der Waals surface area (Å²) in [6, 6.07) is 0. The van der Waals surface area contributed by atoms with Crippen LogP contribution in [0.1, 0.15) is 0 Å². The Morgan fingerprint density at radius 1 is 0.800 bits per heavy atom. The molecule has 0 fully saturated rings. The molecule has 0 aliphatic heterocycles. The molecule has 0 saturated heterocycles. The van der Waals surface area contributed by atoms with Gasteiger partial charge in [0.15, 0.2) is 13.3 Å². The van der Waals surface area contributed by atoms with Crippen LogP contribution in [0.3, 0.4) is 0 Å². The maximum atomic E-state index is 11.1. The van der Waals surface area contributed by atoms with Gasteiger partial charge in [-0.2, -0.15) is 13.2 Å². The van der Waals surface area contributed by atoms with Crippen molar-refractivity contribution in [1.82, 2.24) is 0 Å². The molecule has 9 heteroatoms. The number of rotatable bonds is 3. The van der Waals surface area contributed by atoms with E-state index in [1.54, 1.807) is 0 Å². The summed E-state index contributed by atoms with van der Waals surface area (Å²) in [4.78, 5) is 0. The van der Waals surface area contributed by atoms with Gasteiger partial charge in [-0.1, -0.05) is 0 Å². The summed E-state index contributed by atoms with van der Waals surface area (Å²) in [5, 5.41) is 0. The molecule has 1 unspecified atom stereocenters. The molecular weight excluding hydrogens is 243 g/mol. The van der Waals surface area contributed by atoms with Crippen LogP contribution in [-0.4, -0.2) is 38.3 Å². The maximum absolute atomic E-state index is 11.1. The molecule has 0 saturated carbocycles. The van der Waals surface area contributed by atoms with Crippen molar-refractivity contribution in [2.45, 2.75) is 18.3 Å². The molecule has 0 bridgehead atoms. The van der Waals surface area contributed by atoms with Crippen LogP contribution >= 0.6 is 0 Å². The fourth-order valence-electron chi connectivity index (χ4n) is 0.123. The maximum Gasteiger partial charge on any atom is 0.422 e. The van der Waals surface area contributed by atoms with E-state index in [-0.39, 0.29) is 0 Å². The minimum absolute atomic E-state index is 1.91. The number of hydrogen-bond donors (Lipinski definition) is 0. The normalized spacial score (nSPS) is 14.2. The third-order valence-corrected chi connectivity index (χ3v) is 0.882. The van der Waals surface area contributed by atoms with Crippen molar-refractivity contribution >= 4 is 0 Å². The third-order valence-electron chi connectivity index (χ3n) is 0.882. The van der Waals surface area contributed by atoms with Crippen LogP contribution < -0.4 is 0 Å². The molecule has 0 spiro atoms. The predicted octanol–water partition coefficient (Wildman–Crippen LogP) is 3.42. The Hall–Kier alpha value is -0.630. The summed E-state index contributed by atoms with van der Waals surface area (Å²) in [5.74, 6) is -3.75. The van der Waals surface area contributed by atoms with Crippen LogP contribution in [0.2, 0.25) is 0 Å². The van der Waals surface area contributed by atoms with E-state index in [0.29, 0.717) is 0 Å². The lowest BCUT2D eigenvalue weighted by molar-refractivity contribution is -0.183. The Bertz CT molecular complexity index is 145. The highest BCUT2D eigenvalue weighted by Crippen LogP contribution is 2.22. The highest BCUT2D eigenvalue weighted by Gasteiger charge is 2.39. The molecule has 0 N–H and O–H groups in total. The minimum Gasteiger partial charge on any atom is -0.248 e. The van der Waals surface area contributed by atoms with Gasteiger partial charge in [-0.05, 0) is 0 Å². The minimum atomic E-state index is -5.03. The van der Waals surface area contributed by atoms with E-state index in [9.17, 15) is 39.5 Å². The van der Waals surface area contributed by atoms with Gasteiger partial charge in [0.05, 0.1) is 0 Å². The summed E-state index contributed by atoms with van der Waals surface area (Å²) in [6.07, 6.45) is -8.35. The molecule has 0 aromatic rings. The van der Waals surface area contributed by atoms with Crippen LogP contribution in [0.25, 0.3) is 0 Å². The largest absolute Gasteiger partial charge is 0.422 e. The van der Waals surface area contributed by atoms with Crippen molar-refractivity contribution in [2.24, 2.45) is 0 Å². The third kappa shape index (κ3) is 9.67. The molecule has 0 aliphatic rings. The second-order valence-corrected chi connectivity index (χ2v) is 2.29. The van der Waals surface area contributed by atoms with Crippen molar-refractivity contribution in [3.63, 3.8) is 0 Å². The fourth-order valence-corrected chi connectivity index (χ4v) is 0.123. The second-order valence-electron chi connectivity index (χ2n) is 2.29. The quantitative estimate of drug-likeness (QED) is 0.673. The van der Waals surface area contributed by atoms with Crippen LogP contribution in [-0.2, 0) is 0 Å². The first-order valence-corrected chi connectivity index (χ1v) is 3.37. The SMILES string of the molecule is FCC(F)(F)CF.FCC(F)C(F)(F)F. The summed E-state index contributed by atoms with van der Waals surface area (Å²) in [5.41, 5.74) is 0. The molecule has 0 aromatic heterocycles. The number of hydrogen-bond acceptors (Lipinski definition) is 0. The van der Waals surface area contributed by atoms with Gasteiger partial charge in [0.1, 0.15) is 6.67 Å². The zero-order valence-corrected chi connectivity index (χ0v) is 7.10. The Labute approximate surface area is 79.1 Å². The standard InChI is InChI=1S/C3H3F5.C3H4F4/c4-1-2(5)3(6,7)8;4-1-3(6,7)2-5/h2H,1H2;1-2H2. The summed E-state index contributed by atoms with van der Waals surface area (Å²) >= 11 is 0. The topological polar surface area (TPSA) is 0 Å².